The molecule has 8 rings (SSSR count). The van der Waals surface area contributed by atoms with Crippen molar-refractivity contribution in [2.24, 2.45) is 5.41 Å². The Hall–Kier alpha value is 1.77. The van der Waals surface area contributed by atoms with E-state index in [2.05, 4.69) is 316 Å². The number of para-hydroxylation sites is 2. The summed E-state index contributed by atoms with van der Waals surface area (Å²) < 4.78 is 2.24. The molecule has 0 atom stereocenters. The van der Waals surface area contributed by atoms with Crippen molar-refractivity contribution in [1.82, 2.24) is 0 Å². The Labute approximate surface area is 447 Å². The Morgan fingerprint density at radius 3 is 1.27 bits per heavy atom. The van der Waals surface area contributed by atoms with Crippen LogP contribution in [0, 0.1) is 19.3 Å². The summed E-state index contributed by atoms with van der Waals surface area (Å²) in [5.41, 5.74) is 14.3. The molecule has 3 aliphatic rings. The molecule has 0 N–H and O–H groups in total. The summed E-state index contributed by atoms with van der Waals surface area (Å²) in [7, 11) is -0.491. The molecule has 1 aliphatic carbocycles. The molecule has 0 spiro atoms. The van der Waals surface area contributed by atoms with Crippen LogP contribution in [0.2, 0.25) is 0 Å². The molecule has 0 saturated carbocycles. The van der Waals surface area contributed by atoms with E-state index in [9.17, 15) is 0 Å². The van der Waals surface area contributed by atoms with E-state index in [4.69, 9.17) is 0 Å². The van der Waals surface area contributed by atoms with Crippen molar-refractivity contribution in [3.63, 3.8) is 0 Å². The van der Waals surface area contributed by atoms with Gasteiger partial charge in [0.15, 0.2) is 0 Å². The van der Waals surface area contributed by atoms with Crippen molar-refractivity contribution in [2.45, 2.75) is 131 Å². The Morgan fingerprint density at radius 2 is 0.903 bits per heavy atom. The molecule has 2 nitrogen and oxygen atoms in total. The van der Waals surface area contributed by atoms with Gasteiger partial charge in [-0.1, -0.05) is 148 Å². The van der Waals surface area contributed by atoms with E-state index in [1.165, 1.54) is 57.0 Å². The van der Waals surface area contributed by atoms with Crippen LogP contribution in [0.4, 0.5) is 22.7 Å². The first-order chi connectivity index (χ1) is 28.6. The van der Waals surface area contributed by atoms with Crippen molar-refractivity contribution in [2.75, 3.05) is 9.80 Å². The predicted octanol–water partition coefficient (Wildman–Crippen LogP) is 17.8. The predicted molar refractivity (Wildman–Crippen MR) is 330 cm³/mol. The van der Waals surface area contributed by atoms with Crippen LogP contribution in [-0.4, -0.2) is 11.1 Å². The second kappa shape index (κ2) is 21.4. The maximum atomic E-state index is 3.38. The molecule has 5 aromatic carbocycles. The van der Waals surface area contributed by atoms with E-state index in [1.807, 2.05) is 6.07 Å². The van der Waals surface area contributed by atoms with Gasteiger partial charge < -0.3 is 9.80 Å². The summed E-state index contributed by atoms with van der Waals surface area (Å²) in [6, 6.07) is 40.0. The molecule has 340 valence electrons. The molecule has 0 aromatic heterocycles. The maximum absolute atomic E-state index is 3.38. The molecule has 0 amide bonds. The van der Waals surface area contributed by atoms with Gasteiger partial charge in [0.25, 0.3) is 0 Å². The number of rotatable bonds is 4. The van der Waals surface area contributed by atoms with E-state index in [0.717, 1.165) is 8.95 Å². The standard InChI is InChI=1S/C31H38N2.C13H18.C7H6Br2.I7/c1-21-18-22(32-26-16-12-10-14-24(26)28(2,3)30(32,6)7)20-23(19-21)33-27-17-13-11-15-25(27)29(4,5)31(33,8)9;1-12(2)9-10-7-5-6-8-11(10)13(12,3)4;1-5-2-6(8)4-7(9)3-5;1-5-7(4)6(2)3/h10-20H,1-9H3;5-8H,9H2,1-4H3;2-4H,1H3;/q;;;-1. The third-order valence-corrected chi connectivity index (χ3v) is 263. The second-order valence-electron chi connectivity index (χ2n) is 19.8. The number of halogens is 9. The van der Waals surface area contributed by atoms with Gasteiger partial charge in [0.2, 0.25) is 0 Å². The number of hydrogen-bond acceptors (Lipinski definition) is 2. The number of anilines is 4. The van der Waals surface area contributed by atoms with Crippen LogP contribution in [0.5, 0.6) is 0 Å². The molecule has 5 aromatic rings. The first-order valence-corrected chi connectivity index (χ1v) is 60.0. The average Bonchev–Trinajstić information content (AvgIpc) is 3.55. The second-order valence-corrected chi connectivity index (χ2v) is 135. The monoisotopic (exact) mass is 1750 g/mol. The van der Waals surface area contributed by atoms with Crippen LogP contribution >= 0.6 is 122 Å². The average molecular weight is 1750 g/mol. The number of hydrogen-bond donors (Lipinski definition) is 0. The molecular formula is C51H62Br2I7N2-. The van der Waals surface area contributed by atoms with E-state index in [1.54, 1.807) is 5.56 Å². The van der Waals surface area contributed by atoms with Gasteiger partial charge in [-0.3, -0.25) is 0 Å². The minimum absolute atomic E-state index is 0.0367. The normalized spacial score (nSPS) is 19.0. The molecule has 2 heterocycles. The zero-order valence-electron chi connectivity index (χ0n) is 38.4. The Bertz CT molecular complexity index is 2230. The van der Waals surface area contributed by atoms with E-state index >= 15 is 0 Å². The van der Waals surface area contributed by atoms with Gasteiger partial charge >= 0.3 is 104 Å². The SMILES string of the molecule is CC1(C)Cc2ccccc2C1(C)C.Cc1cc(Br)cc(Br)c1.Cc1cc(N2c3ccccc3C(C)(C)C2(C)C)cc(N2c3ccccc3C(C)(C)C2(C)C)c1.I[I-]I(I)I(I)I. The van der Waals surface area contributed by atoms with Crippen molar-refractivity contribution < 1.29 is 13.3 Å². The molecule has 2 aliphatic heterocycles. The fourth-order valence-electron chi connectivity index (χ4n) is 9.19. The molecule has 0 unspecified atom stereocenters. The van der Waals surface area contributed by atoms with Crippen LogP contribution in [0.3, 0.4) is 0 Å². The topological polar surface area (TPSA) is 6.48 Å². The molecule has 0 saturated heterocycles. The van der Waals surface area contributed by atoms with Crippen LogP contribution in [0.1, 0.15) is 116 Å². The minimum atomic E-state index is -0.285. The zero-order valence-corrected chi connectivity index (χ0v) is 56.7. The molecule has 0 fully saturated rings. The molecular weight excluding hydrogens is 1690 g/mol. The van der Waals surface area contributed by atoms with Crippen molar-refractivity contribution >= 4 is 145 Å². The van der Waals surface area contributed by atoms with Crippen molar-refractivity contribution in [3.8, 4) is 0 Å². The summed E-state index contributed by atoms with van der Waals surface area (Å²) in [6.45, 7) is 32.8. The van der Waals surface area contributed by atoms with Gasteiger partial charge in [0.05, 0.1) is 0 Å². The summed E-state index contributed by atoms with van der Waals surface area (Å²) in [5.74, 6) is 0. The summed E-state index contributed by atoms with van der Waals surface area (Å²) in [5, 5.41) is 0. The number of benzene rings is 5. The van der Waals surface area contributed by atoms with E-state index in [0.29, 0.717) is 24.1 Å². The number of nitrogens with zero attached hydrogens (tertiary/aromatic N) is 2. The van der Waals surface area contributed by atoms with Crippen molar-refractivity contribution in [1.29, 1.82) is 0 Å². The summed E-state index contributed by atoms with van der Waals surface area (Å²) in [4.78, 5) is 5.14. The van der Waals surface area contributed by atoms with Gasteiger partial charge in [-0.15, -0.1) is 0 Å². The van der Waals surface area contributed by atoms with Crippen molar-refractivity contribution in [3.05, 3.63) is 152 Å². The van der Waals surface area contributed by atoms with Crippen LogP contribution in [-0.2, 0) is 22.7 Å². The quantitative estimate of drug-likeness (QED) is 0.166. The summed E-state index contributed by atoms with van der Waals surface area (Å²) >= 11 is 18.2. The molecule has 11 heteroatoms. The fraction of sp³-hybridized carbons (Fsp3) is 0.412. The zero-order chi connectivity index (χ0) is 46.4. The first-order valence-electron chi connectivity index (χ1n) is 20.7. The van der Waals surface area contributed by atoms with E-state index < -0.39 is 0 Å². The Morgan fingerprint density at radius 1 is 0.516 bits per heavy atom. The van der Waals surface area contributed by atoms with Gasteiger partial charge in [0, 0.05) is 53.6 Å². The third kappa shape index (κ3) is 11.2. The third-order valence-electron chi connectivity index (χ3n) is 14.5. The molecule has 0 bridgehead atoms. The Balaban J connectivity index is 0.000000202. The van der Waals surface area contributed by atoms with Crippen LogP contribution in [0.25, 0.3) is 0 Å². The van der Waals surface area contributed by atoms with Crippen LogP contribution < -0.4 is 23.1 Å². The summed E-state index contributed by atoms with van der Waals surface area (Å²) in [6.07, 6.45) is 1.22. The molecule has 62 heavy (non-hydrogen) atoms. The van der Waals surface area contributed by atoms with Gasteiger partial charge in [-0.2, -0.15) is 0 Å². The van der Waals surface area contributed by atoms with Gasteiger partial charge in [-0.25, -0.2) is 0 Å². The number of fused-ring (bicyclic) bond motifs is 3. The van der Waals surface area contributed by atoms with Gasteiger partial charge in [-0.05, 0) is 141 Å². The Kier molecular flexibility index (Phi) is 18.9. The van der Waals surface area contributed by atoms with E-state index in [-0.39, 0.29) is 37.7 Å². The number of aryl methyl sites for hydroxylation is 2. The van der Waals surface area contributed by atoms with Gasteiger partial charge in [0.1, 0.15) is 0 Å². The first kappa shape index (κ1) is 54.7. The van der Waals surface area contributed by atoms with Crippen LogP contribution in [0.15, 0.2) is 118 Å². The fourth-order valence-corrected chi connectivity index (χ4v) is 220. The molecule has 0 radical (unpaired) electrons.